The Morgan fingerprint density at radius 2 is 1.34 bits per heavy atom. The molecular weight excluding hydrogens is 472 g/mol. The second kappa shape index (κ2) is 9.70. The van der Waals surface area contributed by atoms with Crippen molar-refractivity contribution >= 4 is 45.6 Å². The number of hydrogen-bond donors (Lipinski definition) is 3. The first-order chi connectivity index (χ1) is 18.1. The van der Waals surface area contributed by atoms with Crippen LogP contribution in [-0.4, -0.2) is 74.7 Å². The van der Waals surface area contributed by atoms with Crippen LogP contribution < -0.4 is 9.80 Å². The molecule has 0 unspecified atom stereocenters. The SMILES string of the molecule is CN(C)C(=N)N(C)c1ccc(-c2ccc3[nH]cc(C4=Nc5ccc(N(C)C(=N)N(C)C)cc5C4)c3c2)cc1. The maximum absolute atomic E-state index is 8.29. The van der Waals surface area contributed by atoms with Crippen LogP contribution in [0.5, 0.6) is 0 Å². The van der Waals surface area contributed by atoms with E-state index in [9.17, 15) is 0 Å². The summed E-state index contributed by atoms with van der Waals surface area (Å²) in [7, 11) is 11.3. The number of rotatable bonds is 4. The van der Waals surface area contributed by atoms with E-state index in [2.05, 4.69) is 59.7 Å². The summed E-state index contributed by atoms with van der Waals surface area (Å²) >= 11 is 0. The molecule has 8 nitrogen and oxygen atoms in total. The molecule has 0 atom stereocenters. The van der Waals surface area contributed by atoms with Gasteiger partial charge < -0.3 is 24.6 Å². The van der Waals surface area contributed by atoms with Crippen LogP contribution in [0, 0.1) is 10.8 Å². The summed E-state index contributed by atoms with van der Waals surface area (Å²) in [5.41, 5.74) is 9.62. The Labute approximate surface area is 223 Å². The number of nitrogens with one attached hydrogen (secondary N) is 3. The van der Waals surface area contributed by atoms with Crippen molar-refractivity contribution in [1.29, 1.82) is 10.8 Å². The predicted octanol–water partition coefficient (Wildman–Crippen LogP) is 5.38. The average Bonchev–Trinajstić information content (AvgIpc) is 3.54. The van der Waals surface area contributed by atoms with Gasteiger partial charge in [0.05, 0.1) is 11.4 Å². The van der Waals surface area contributed by atoms with E-state index in [0.717, 1.165) is 56.8 Å². The maximum atomic E-state index is 8.29. The zero-order valence-corrected chi connectivity index (χ0v) is 22.8. The van der Waals surface area contributed by atoms with Crippen molar-refractivity contribution in [3.05, 3.63) is 78.0 Å². The van der Waals surface area contributed by atoms with Gasteiger partial charge in [-0.25, -0.2) is 0 Å². The Morgan fingerprint density at radius 1 is 0.737 bits per heavy atom. The number of fused-ring (bicyclic) bond motifs is 2. The van der Waals surface area contributed by atoms with Gasteiger partial charge in [-0.15, -0.1) is 0 Å². The molecule has 3 N–H and O–H groups in total. The molecule has 0 spiro atoms. The first-order valence-corrected chi connectivity index (χ1v) is 12.6. The summed E-state index contributed by atoms with van der Waals surface area (Å²) < 4.78 is 0. The van der Waals surface area contributed by atoms with E-state index in [4.69, 9.17) is 15.8 Å². The molecule has 1 aliphatic heterocycles. The Morgan fingerprint density at radius 3 is 2.00 bits per heavy atom. The minimum absolute atomic E-state index is 0.434. The molecule has 38 heavy (non-hydrogen) atoms. The van der Waals surface area contributed by atoms with Crippen molar-refractivity contribution in [2.75, 3.05) is 52.1 Å². The van der Waals surface area contributed by atoms with Gasteiger partial charge in [-0.05, 0) is 59.2 Å². The number of hydrogen-bond acceptors (Lipinski definition) is 3. The molecule has 0 bridgehead atoms. The van der Waals surface area contributed by atoms with Gasteiger partial charge in [0.1, 0.15) is 0 Å². The minimum atomic E-state index is 0.434. The zero-order chi connectivity index (χ0) is 27.1. The van der Waals surface area contributed by atoms with Crippen molar-refractivity contribution < 1.29 is 0 Å². The van der Waals surface area contributed by atoms with Gasteiger partial charge in [0, 0.05) is 82.7 Å². The van der Waals surface area contributed by atoms with E-state index in [1.807, 2.05) is 64.2 Å². The molecule has 0 radical (unpaired) electrons. The van der Waals surface area contributed by atoms with Gasteiger partial charge >= 0.3 is 0 Å². The molecule has 3 aromatic carbocycles. The number of H-pyrrole nitrogens is 1. The third-order valence-corrected chi connectivity index (χ3v) is 7.13. The molecule has 0 fully saturated rings. The molecule has 1 aromatic heterocycles. The Kier molecular flexibility index (Phi) is 6.40. The average molecular weight is 507 g/mol. The lowest BCUT2D eigenvalue weighted by molar-refractivity contribution is 0.603. The van der Waals surface area contributed by atoms with Crippen molar-refractivity contribution in [3.63, 3.8) is 0 Å². The summed E-state index contributed by atoms with van der Waals surface area (Å²) in [5, 5.41) is 17.7. The lowest BCUT2D eigenvalue weighted by Gasteiger charge is -2.25. The molecule has 194 valence electrons. The number of anilines is 2. The maximum Gasteiger partial charge on any atom is 0.197 e. The fourth-order valence-corrected chi connectivity index (χ4v) is 4.81. The molecule has 8 heteroatoms. The second-order valence-corrected chi connectivity index (χ2v) is 10.1. The van der Waals surface area contributed by atoms with Crippen LogP contribution in [0.25, 0.3) is 22.0 Å². The highest BCUT2D eigenvalue weighted by Crippen LogP contribution is 2.35. The Hall–Kier alpha value is -4.59. The van der Waals surface area contributed by atoms with E-state index >= 15 is 0 Å². The second-order valence-electron chi connectivity index (χ2n) is 10.1. The number of nitrogens with zero attached hydrogens (tertiary/aromatic N) is 5. The van der Waals surface area contributed by atoms with Gasteiger partial charge in [0.15, 0.2) is 11.9 Å². The summed E-state index contributed by atoms with van der Waals surface area (Å²) in [6.45, 7) is 0. The number of aliphatic imine (C=N–C) groups is 1. The molecule has 0 amide bonds. The lowest BCUT2D eigenvalue weighted by atomic mass is 9.99. The van der Waals surface area contributed by atoms with E-state index < -0.39 is 0 Å². The van der Waals surface area contributed by atoms with Crippen LogP contribution in [0.3, 0.4) is 0 Å². The molecule has 4 aromatic rings. The molecule has 2 heterocycles. The van der Waals surface area contributed by atoms with Crippen LogP contribution in [0.2, 0.25) is 0 Å². The summed E-state index contributed by atoms with van der Waals surface area (Å²) in [5.74, 6) is 0.869. The standard InChI is InChI=1S/C30H34N8/c1-35(2)29(31)37(5)22-10-7-19(8-11-22)20-9-13-27-24(16-20)25(18-33-27)28-17-21-15-23(12-14-26(21)34-28)38(6)30(32)36(3)4/h7-16,18,31-33H,17H2,1-6H3. The Balaban J connectivity index is 1.41. The third-order valence-electron chi connectivity index (χ3n) is 7.13. The zero-order valence-electron chi connectivity index (χ0n) is 22.8. The molecule has 0 aliphatic carbocycles. The monoisotopic (exact) mass is 506 g/mol. The predicted molar refractivity (Wildman–Crippen MR) is 160 cm³/mol. The van der Waals surface area contributed by atoms with Crippen molar-refractivity contribution in [2.45, 2.75) is 6.42 Å². The first-order valence-electron chi connectivity index (χ1n) is 12.6. The summed E-state index contributed by atoms with van der Waals surface area (Å²) in [4.78, 5) is 15.7. The van der Waals surface area contributed by atoms with Crippen molar-refractivity contribution in [1.82, 2.24) is 14.8 Å². The van der Waals surface area contributed by atoms with Gasteiger partial charge in [-0.2, -0.15) is 0 Å². The number of aromatic nitrogens is 1. The fraction of sp³-hybridized carbons (Fsp3) is 0.233. The Bertz CT molecular complexity index is 1560. The van der Waals surface area contributed by atoms with Gasteiger partial charge in [-0.3, -0.25) is 15.8 Å². The van der Waals surface area contributed by atoms with Crippen LogP contribution in [0.1, 0.15) is 11.1 Å². The van der Waals surface area contributed by atoms with Gasteiger partial charge in [-0.1, -0.05) is 18.2 Å². The van der Waals surface area contributed by atoms with E-state index in [0.29, 0.717) is 11.9 Å². The van der Waals surface area contributed by atoms with Crippen LogP contribution in [0.4, 0.5) is 17.1 Å². The third kappa shape index (κ3) is 4.49. The normalized spacial score (nSPS) is 12.2. The molecule has 0 saturated carbocycles. The molecule has 0 saturated heterocycles. The number of aromatic amines is 1. The van der Waals surface area contributed by atoms with Crippen molar-refractivity contribution in [3.8, 4) is 11.1 Å². The van der Waals surface area contributed by atoms with E-state index in [1.54, 1.807) is 9.80 Å². The number of guanidine groups is 2. The first kappa shape index (κ1) is 25.1. The topological polar surface area (TPSA) is 88.8 Å². The van der Waals surface area contributed by atoms with Crippen LogP contribution in [0.15, 0.2) is 71.9 Å². The van der Waals surface area contributed by atoms with Gasteiger partial charge in [0.2, 0.25) is 0 Å². The van der Waals surface area contributed by atoms with Crippen LogP contribution >= 0.6 is 0 Å². The summed E-state index contributed by atoms with van der Waals surface area (Å²) in [6.07, 6.45) is 2.81. The van der Waals surface area contributed by atoms with E-state index in [-0.39, 0.29) is 0 Å². The highest BCUT2D eigenvalue weighted by atomic mass is 15.3. The smallest absolute Gasteiger partial charge is 0.197 e. The highest BCUT2D eigenvalue weighted by molar-refractivity contribution is 6.15. The van der Waals surface area contributed by atoms with Crippen molar-refractivity contribution in [2.24, 2.45) is 4.99 Å². The molecule has 5 rings (SSSR count). The summed E-state index contributed by atoms with van der Waals surface area (Å²) in [6, 6.07) is 21.0. The lowest BCUT2D eigenvalue weighted by Crippen LogP contribution is -2.37. The fourth-order valence-electron chi connectivity index (χ4n) is 4.81. The quantitative estimate of drug-likeness (QED) is 0.256. The van der Waals surface area contributed by atoms with E-state index in [1.165, 1.54) is 5.56 Å². The minimum Gasteiger partial charge on any atom is -0.360 e. The van der Waals surface area contributed by atoms with Gasteiger partial charge in [0.25, 0.3) is 0 Å². The number of benzene rings is 3. The molecule has 1 aliphatic rings. The largest absolute Gasteiger partial charge is 0.360 e. The molecular formula is C30H34N8. The highest BCUT2D eigenvalue weighted by Gasteiger charge is 2.21. The van der Waals surface area contributed by atoms with Crippen LogP contribution in [-0.2, 0) is 6.42 Å².